The van der Waals surface area contributed by atoms with Crippen molar-refractivity contribution in [3.05, 3.63) is 65.0 Å². The van der Waals surface area contributed by atoms with Crippen LogP contribution in [0, 0.1) is 0 Å². The number of amidine groups is 1. The Morgan fingerprint density at radius 1 is 1.20 bits per heavy atom. The van der Waals surface area contributed by atoms with Crippen LogP contribution in [0.25, 0.3) is 10.8 Å². The van der Waals surface area contributed by atoms with Gasteiger partial charge in [0.2, 0.25) is 0 Å². The molecule has 30 heavy (non-hydrogen) atoms. The van der Waals surface area contributed by atoms with Crippen molar-refractivity contribution >= 4 is 33.9 Å². The number of halogens is 1. The van der Waals surface area contributed by atoms with E-state index in [2.05, 4.69) is 53.0 Å². The summed E-state index contributed by atoms with van der Waals surface area (Å²) < 4.78 is 0. The molecule has 1 N–H and O–H groups in total. The quantitative estimate of drug-likeness (QED) is 0.723. The molecule has 156 valence electrons. The lowest BCUT2D eigenvalue weighted by Gasteiger charge is -2.35. The van der Waals surface area contributed by atoms with Gasteiger partial charge in [0, 0.05) is 41.4 Å². The highest BCUT2D eigenvalue weighted by Gasteiger charge is 2.27. The number of benzene rings is 2. The first-order valence-electron chi connectivity index (χ1n) is 11.0. The molecule has 2 aromatic carbocycles. The molecule has 0 unspecified atom stereocenters. The molecule has 0 bridgehead atoms. The van der Waals surface area contributed by atoms with Crippen LogP contribution < -0.4 is 10.2 Å². The molecule has 0 spiro atoms. The van der Waals surface area contributed by atoms with Crippen LogP contribution in [0.15, 0.2) is 64.9 Å². The van der Waals surface area contributed by atoms with Crippen molar-refractivity contribution in [3.8, 4) is 0 Å². The van der Waals surface area contributed by atoms with Gasteiger partial charge >= 0.3 is 0 Å². The van der Waals surface area contributed by atoms with Crippen LogP contribution in [0.3, 0.4) is 0 Å². The van der Waals surface area contributed by atoms with Gasteiger partial charge in [0.05, 0.1) is 17.3 Å². The minimum atomic E-state index is 0.679. The van der Waals surface area contributed by atoms with E-state index in [0.717, 1.165) is 60.0 Å². The number of anilines is 1. The highest BCUT2D eigenvalue weighted by molar-refractivity contribution is 6.36. The van der Waals surface area contributed by atoms with Gasteiger partial charge in [0.1, 0.15) is 5.84 Å². The summed E-state index contributed by atoms with van der Waals surface area (Å²) >= 11 is 6.59. The molecule has 3 aliphatic rings. The number of rotatable bonds is 4. The van der Waals surface area contributed by atoms with E-state index in [-0.39, 0.29) is 0 Å². The average Bonchev–Trinajstić information content (AvgIpc) is 3.16. The number of allylic oxidation sites excluding steroid dienone is 1. The van der Waals surface area contributed by atoms with Crippen molar-refractivity contribution in [2.45, 2.75) is 38.1 Å². The molecule has 5 rings (SSSR count). The number of aliphatic imine (C=N–C) groups is 1. The van der Waals surface area contributed by atoms with Gasteiger partial charge in [-0.2, -0.15) is 0 Å². The smallest absolute Gasteiger partial charge is 0.106 e. The summed E-state index contributed by atoms with van der Waals surface area (Å²) in [5, 5.41) is 6.61. The average molecular weight is 421 g/mol. The highest BCUT2D eigenvalue weighted by atomic mass is 35.5. The van der Waals surface area contributed by atoms with Gasteiger partial charge in [0.15, 0.2) is 0 Å². The lowest BCUT2D eigenvalue weighted by molar-refractivity contribution is 0.299. The third-order valence-corrected chi connectivity index (χ3v) is 7.12. The zero-order chi connectivity index (χ0) is 20.7. The lowest BCUT2D eigenvalue weighted by atomic mass is 9.98. The molecule has 3 aliphatic heterocycles. The van der Waals surface area contributed by atoms with Crippen LogP contribution in [0.2, 0.25) is 5.02 Å². The van der Waals surface area contributed by atoms with E-state index in [1.54, 1.807) is 0 Å². The summed E-state index contributed by atoms with van der Waals surface area (Å²) in [5.74, 6) is 1.07. The van der Waals surface area contributed by atoms with Gasteiger partial charge in [-0.25, -0.2) is 4.99 Å². The van der Waals surface area contributed by atoms with Gasteiger partial charge in [-0.3, -0.25) is 0 Å². The fraction of sp³-hybridized carbons (Fsp3) is 0.400. The Hall–Kier alpha value is -2.30. The Morgan fingerprint density at radius 3 is 2.83 bits per heavy atom. The summed E-state index contributed by atoms with van der Waals surface area (Å²) in [5.41, 5.74) is 4.66. The first-order chi connectivity index (χ1) is 14.6. The predicted molar refractivity (Wildman–Crippen MR) is 127 cm³/mol. The van der Waals surface area contributed by atoms with Crippen molar-refractivity contribution in [3.63, 3.8) is 0 Å². The molecule has 0 saturated carbocycles. The fourth-order valence-corrected chi connectivity index (χ4v) is 5.40. The Balaban J connectivity index is 1.39. The van der Waals surface area contributed by atoms with Crippen LogP contribution in [0.5, 0.6) is 0 Å². The molecule has 1 fully saturated rings. The van der Waals surface area contributed by atoms with Gasteiger partial charge in [-0.15, -0.1) is 0 Å². The Labute approximate surface area is 183 Å². The van der Waals surface area contributed by atoms with Crippen LogP contribution in [-0.2, 0) is 0 Å². The van der Waals surface area contributed by atoms with Crippen molar-refractivity contribution in [2.24, 2.45) is 4.99 Å². The largest absolute Gasteiger partial charge is 0.365 e. The molecule has 0 aromatic heterocycles. The molecule has 2 aromatic rings. The van der Waals surface area contributed by atoms with Crippen LogP contribution in [-0.4, -0.2) is 43.5 Å². The summed E-state index contributed by atoms with van der Waals surface area (Å²) in [4.78, 5) is 9.95. The van der Waals surface area contributed by atoms with Crippen molar-refractivity contribution < 1.29 is 0 Å². The number of fused-ring (bicyclic) bond motifs is 1. The Bertz CT molecular complexity index is 1050. The molecule has 3 heterocycles. The molecule has 1 saturated heterocycles. The maximum absolute atomic E-state index is 6.59. The fourth-order valence-electron chi connectivity index (χ4n) is 5.13. The number of hydrogen-bond donors (Lipinski definition) is 1. The maximum Gasteiger partial charge on any atom is 0.106 e. The highest BCUT2D eigenvalue weighted by Crippen LogP contribution is 2.36. The minimum Gasteiger partial charge on any atom is -0.365 e. The maximum atomic E-state index is 6.59. The zero-order valence-electron chi connectivity index (χ0n) is 17.6. The normalized spacial score (nSPS) is 22.3. The zero-order valence-corrected chi connectivity index (χ0v) is 18.4. The van der Waals surface area contributed by atoms with Crippen LogP contribution >= 0.6 is 11.6 Å². The third-order valence-electron chi connectivity index (χ3n) is 6.81. The van der Waals surface area contributed by atoms with E-state index < -0.39 is 0 Å². The number of nitrogens with one attached hydrogen (secondary N) is 1. The summed E-state index contributed by atoms with van der Waals surface area (Å²) in [6.07, 6.45) is 5.69. The third kappa shape index (κ3) is 3.63. The van der Waals surface area contributed by atoms with Crippen molar-refractivity contribution in [2.75, 3.05) is 31.6 Å². The van der Waals surface area contributed by atoms with E-state index in [1.807, 2.05) is 12.1 Å². The molecule has 0 radical (unpaired) electrons. The van der Waals surface area contributed by atoms with Crippen molar-refractivity contribution in [1.29, 1.82) is 0 Å². The van der Waals surface area contributed by atoms with Gasteiger partial charge in [0.25, 0.3) is 0 Å². The molecular formula is C25H29ClN4. The van der Waals surface area contributed by atoms with Gasteiger partial charge < -0.3 is 15.1 Å². The summed E-state index contributed by atoms with van der Waals surface area (Å²) in [7, 11) is 2.24. The summed E-state index contributed by atoms with van der Waals surface area (Å²) in [6.45, 7) is 7.27. The first kappa shape index (κ1) is 19.7. The summed E-state index contributed by atoms with van der Waals surface area (Å²) in [6, 6.07) is 13.2. The second kappa shape index (κ2) is 8.09. The van der Waals surface area contributed by atoms with E-state index in [4.69, 9.17) is 16.6 Å². The second-order valence-corrected chi connectivity index (χ2v) is 9.10. The molecule has 0 aliphatic carbocycles. The van der Waals surface area contributed by atoms with Crippen molar-refractivity contribution in [1.82, 2.24) is 10.2 Å². The van der Waals surface area contributed by atoms with Gasteiger partial charge in [-0.05, 0) is 56.8 Å². The topological polar surface area (TPSA) is 30.9 Å². The Morgan fingerprint density at radius 2 is 2.03 bits per heavy atom. The second-order valence-electron chi connectivity index (χ2n) is 8.69. The standard InChI is InChI=1S/C25H29ClN4/c1-17-20-13-15-30(23-10-4-7-18-6-3-9-21(26)25(18)23)16-22(20)28-24(27-17)12-11-19-8-5-14-29(19)2/h3-4,6-7,9-10,19H,1,5,8,11-16H2,2H3,(H,27,28)/t19-/m0/s1. The van der Waals surface area contributed by atoms with E-state index in [0.29, 0.717) is 6.04 Å². The van der Waals surface area contributed by atoms with E-state index >= 15 is 0 Å². The molecule has 1 atom stereocenters. The minimum absolute atomic E-state index is 0.679. The molecule has 0 amide bonds. The van der Waals surface area contributed by atoms with Crippen LogP contribution in [0.4, 0.5) is 5.69 Å². The SMILES string of the molecule is C=C1NC(CC[C@@H]2CCCN2C)=NC2=C1CCN(c1cccc3cccc(Cl)c13)C2. The van der Waals surface area contributed by atoms with E-state index in [9.17, 15) is 0 Å². The molecule has 4 nitrogen and oxygen atoms in total. The van der Waals surface area contributed by atoms with E-state index in [1.165, 1.54) is 36.0 Å². The first-order valence-corrected chi connectivity index (χ1v) is 11.4. The van der Waals surface area contributed by atoms with Gasteiger partial charge in [-0.1, -0.05) is 42.4 Å². The van der Waals surface area contributed by atoms with Crippen LogP contribution in [0.1, 0.15) is 32.1 Å². The number of hydrogen-bond acceptors (Lipinski definition) is 4. The number of likely N-dealkylation sites (tertiary alicyclic amines) is 1. The monoisotopic (exact) mass is 420 g/mol. The lowest BCUT2D eigenvalue weighted by Crippen LogP contribution is -2.38. The Kier molecular flexibility index (Phi) is 5.30. The number of nitrogens with zero attached hydrogens (tertiary/aromatic N) is 3. The molecular weight excluding hydrogens is 392 g/mol. The predicted octanol–water partition coefficient (Wildman–Crippen LogP) is 5.35. The molecule has 5 heteroatoms.